The van der Waals surface area contributed by atoms with Crippen molar-refractivity contribution in [1.82, 2.24) is 5.32 Å². The lowest BCUT2D eigenvalue weighted by Gasteiger charge is -2.17. The van der Waals surface area contributed by atoms with E-state index in [1.54, 1.807) is 0 Å². The first kappa shape index (κ1) is 15.0. The number of carbonyl (C=O) groups is 1. The third-order valence-electron chi connectivity index (χ3n) is 3.92. The number of amides is 1. The highest BCUT2D eigenvalue weighted by molar-refractivity contribution is 5.94. The number of nitrogens with two attached hydrogens (primary N) is 1. The average Bonchev–Trinajstić information content (AvgIpc) is 2.93. The van der Waals surface area contributed by atoms with Crippen molar-refractivity contribution in [3.63, 3.8) is 0 Å². The van der Waals surface area contributed by atoms with Crippen LogP contribution in [0.5, 0.6) is 0 Å². The summed E-state index contributed by atoms with van der Waals surface area (Å²) in [6.07, 6.45) is 3.18. The zero-order valence-corrected chi connectivity index (χ0v) is 12.1. The topological polar surface area (TPSA) is 64.3 Å². The maximum atomic E-state index is 12.1. The van der Waals surface area contributed by atoms with Crippen molar-refractivity contribution in [2.45, 2.75) is 32.3 Å². The number of hydrogen-bond donors (Lipinski definition) is 2. The SMILES string of the molecule is CCC1OCCC1CNC(=O)c1ccc(CCN)cc1. The molecule has 0 aromatic heterocycles. The molecule has 2 atom stereocenters. The molecule has 1 saturated heterocycles. The summed E-state index contributed by atoms with van der Waals surface area (Å²) < 4.78 is 5.63. The van der Waals surface area contributed by atoms with Gasteiger partial charge in [0.05, 0.1) is 6.10 Å². The second kappa shape index (κ2) is 7.41. The van der Waals surface area contributed by atoms with Gasteiger partial charge in [-0.25, -0.2) is 0 Å². The molecular weight excluding hydrogens is 252 g/mol. The normalized spacial score (nSPS) is 21.9. The molecule has 20 heavy (non-hydrogen) atoms. The van der Waals surface area contributed by atoms with Crippen molar-refractivity contribution in [2.24, 2.45) is 11.7 Å². The molecule has 0 aliphatic carbocycles. The average molecular weight is 276 g/mol. The Morgan fingerprint density at radius 1 is 1.40 bits per heavy atom. The standard InChI is InChI=1S/C16H24N2O2/c1-2-15-14(8-10-20-15)11-18-16(19)13-5-3-12(4-6-13)7-9-17/h3-6,14-15H,2,7-11,17H2,1H3,(H,18,19). The van der Waals surface area contributed by atoms with E-state index < -0.39 is 0 Å². The molecule has 1 fully saturated rings. The van der Waals surface area contributed by atoms with Gasteiger partial charge in [-0.05, 0) is 43.5 Å². The Bertz CT molecular complexity index is 431. The van der Waals surface area contributed by atoms with E-state index >= 15 is 0 Å². The first-order valence-electron chi connectivity index (χ1n) is 7.43. The molecule has 0 radical (unpaired) electrons. The van der Waals surface area contributed by atoms with E-state index in [0.717, 1.165) is 25.9 Å². The fourth-order valence-corrected chi connectivity index (χ4v) is 2.69. The molecule has 1 aliphatic rings. The molecule has 3 N–H and O–H groups in total. The molecule has 0 spiro atoms. The van der Waals surface area contributed by atoms with Crippen molar-refractivity contribution < 1.29 is 9.53 Å². The fourth-order valence-electron chi connectivity index (χ4n) is 2.69. The minimum Gasteiger partial charge on any atom is -0.378 e. The van der Waals surface area contributed by atoms with Crippen LogP contribution in [0.2, 0.25) is 0 Å². The Kier molecular flexibility index (Phi) is 5.56. The van der Waals surface area contributed by atoms with Crippen LogP contribution >= 0.6 is 0 Å². The molecule has 4 nitrogen and oxygen atoms in total. The minimum absolute atomic E-state index is 0.00829. The summed E-state index contributed by atoms with van der Waals surface area (Å²) in [5, 5.41) is 3.01. The lowest BCUT2D eigenvalue weighted by Crippen LogP contribution is -2.32. The predicted octanol–water partition coefficient (Wildman–Crippen LogP) is 1.73. The minimum atomic E-state index is -0.00829. The van der Waals surface area contributed by atoms with Gasteiger partial charge in [-0.2, -0.15) is 0 Å². The molecule has 1 heterocycles. The van der Waals surface area contributed by atoms with Crippen LogP contribution < -0.4 is 11.1 Å². The highest BCUT2D eigenvalue weighted by atomic mass is 16.5. The van der Waals surface area contributed by atoms with Crippen molar-refractivity contribution in [1.29, 1.82) is 0 Å². The lowest BCUT2D eigenvalue weighted by atomic mass is 9.99. The number of nitrogens with one attached hydrogen (secondary N) is 1. The summed E-state index contributed by atoms with van der Waals surface area (Å²) in [7, 11) is 0. The van der Waals surface area contributed by atoms with Gasteiger partial charge in [-0.15, -0.1) is 0 Å². The van der Waals surface area contributed by atoms with Crippen LogP contribution in [-0.2, 0) is 11.2 Å². The lowest BCUT2D eigenvalue weighted by molar-refractivity contribution is 0.0827. The monoisotopic (exact) mass is 276 g/mol. The van der Waals surface area contributed by atoms with E-state index in [1.165, 1.54) is 5.56 Å². The molecule has 2 rings (SSSR count). The van der Waals surface area contributed by atoms with E-state index in [4.69, 9.17) is 10.5 Å². The van der Waals surface area contributed by atoms with Crippen molar-refractivity contribution in [3.8, 4) is 0 Å². The first-order chi connectivity index (χ1) is 9.74. The van der Waals surface area contributed by atoms with E-state index in [-0.39, 0.29) is 5.91 Å². The number of ether oxygens (including phenoxy) is 1. The van der Waals surface area contributed by atoms with Crippen molar-refractivity contribution in [2.75, 3.05) is 19.7 Å². The molecule has 2 unspecified atom stereocenters. The summed E-state index contributed by atoms with van der Waals surface area (Å²) in [5.41, 5.74) is 7.38. The Labute approximate surface area is 120 Å². The summed E-state index contributed by atoms with van der Waals surface area (Å²) in [5.74, 6) is 0.437. The number of benzene rings is 1. The molecule has 4 heteroatoms. The van der Waals surface area contributed by atoms with E-state index in [0.29, 0.717) is 30.7 Å². The Hall–Kier alpha value is -1.39. The smallest absolute Gasteiger partial charge is 0.251 e. The van der Waals surface area contributed by atoms with Crippen LogP contribution in [0.1, 0.15) is 35.7 Å². The molecule has 1 aliphatic heterocycles. The maximum Gasteiger partial charge on any atom is 0.251 e. The highest BCUT2D eigenvalue weighted by Gasteiger charge is 2.26. The van der Waals surface area contributed by atoms with E-state index in [9.17, 15) is 4.79 Å². The van der Waals surface area contributed by atoms with Gasteiger partial charge in [0, 0.05) is 24.6 Å². The molecule has 110 valence electrons. The fraction of sp³-hybridized carbons (Fsp3) is 0.562. The first-order valence-corrected chi connectivity index (χ1v) is 7.43. The summed E-state index contributed by atoms with van der Waals surface area (Å²) in [6.45, 7) is 4.27. The van der Waals surface area contributed by atoms with Gasteiger partial charge in [0.25, 0.3) is 5.91 Å². The van der Waals surface area contributed by atoms with Gasteiger partial charge >= 0.3 is 0 Å². The van der Waals surface area contributed by atoms with Gasteiger partial charge < -0.3 is 15.8 Å². The molecular formula is C16H24N2O2. The molecule has 1 amide bonds. The van der Waals surface area contributed by atoms with Gasteiger partial charge in [0.15, 0.2) is 0 Å². The van der Waals surface area contributed by atoms with Crippen LogP contribution in [0.15, 0.2) is 24.3 Å². The number of rotatable bonds is 6. The molecule has 1 aromatic rings. The third kappa shape index (κ3) is 3.81. The van der Waals surface area contributed by atoms with Crippen LogP contribution in [0.4, 0.5) is 0 Å². The van der Waals surface area contributed by atoms with Crippen LogP contribution in [0.25, 0.3) is 0 Å². The second-order valence-electron chi connectivity index (χ2n) is 5.31. The van der Waals surface area contributed by atoms with Crippen LogP contribution in [0.3, 0.4) is 0 Å². The highest BCUT2D eigenvalue weighted by Crippen LogP contribution is 2.22. The summed E-state index contributed by atoms with van der Waals surface area (Å²) >= 11 is 0. The molecule has 0 saturated carbocycles. The van der Waals surface area contributed by atoms with Crippen molar-refractivity contribution >= 4 is 5.91 Å². The molecule has 0 bridgehead atoms. The van der Waals surface area contributed by atoms with Gasteiger partial charge in [0.2, 0.25) is 0 Å². The Morgan fingerprint density at radius 2 is 2.15 bits per heavy atom. The van der Waals surface area contributed by atoms with E-state index in [1.807, 2.05) is 24.3 Å². The largest absolute Gasteiger partial charge is 0.378 e. The zero-order valence-electron chi connectivity index (χ0n) is 12.1. The second-order valence-corrected chi connectivity index (χ2v) is 5.31. The summed E-state index contributed by atoms with van der Waals surface area (Å²) in [4.78, 5) is 12.1. The third-order valence-corrected chi connectivity index (χ3v) is 3.92. The van der Waals surface area contributed by atoms with Crippen LogP contribution in [-0.4, -0.2) is 31.7 Å². The zero-order chi connectivity index (χ0) is 14.4. The Balaban J connectivity index is 1.85. The maximum absolute atomic E-state index is 12.1. The van der Waals surface area contributed by atoms with Gasteiger partial charge in [-0.1, -0.05) is 19.1 Å². The van der Waals surface area contributed by atoms with Crippen LogP contribution in [0, 0.1) is 5.92 Å². The predicted molar refractivity (Wildman–Crippen MR) is 79.7 cm³/mol. The number of hydrogen-bond acceptors (Lipinski definition) is 3. The summed E-state index contributed by atoms with van der Waals surface area (Å²) in [6, 6.07) is 7.66. The quantitative estimate of drug-likeness (QED) is 0.831. The van der Waals surface area contributed by atoms with Gasteiger partial charge in [-0.3, -0.25) is 4.79 Å². The van der Waals surface area contributed by atoms with Gasteiger partial charge in [0.1, 0.15) is 0 Å². The van der Waals surface area contributed by atoms with Crippen molar-refractivity contribution in [3.05, 3.63) is 35.4 Å². The Morgan fingerprint density at radius 3 is 2.80 bits per heavy atom. The number of carbonyl (C=O) groups excluding carboxylic acids is 1. The van der Waals surface area contributed by atoms with E-state index in [2.05, 4.69) is 12.2 Å². The molecule has 1 aromatic carbocycles.